The zero-order valence-electron chi connectivity index (χ0n) is 16.1. The molecule has 3 rings (SSSR count). The third-order valence-corrected chi connectivity index (χ3v) is 6.43. The van der Waals surface area contributed by atoms with Crippen molar-refractivity contribution in [1.29, 1.82) is 0 Å². The average molecular weight is 399 g/mol. The first-order valence-electron chi connectivity index (χ1n) is 8.74. The van der Waals surface area contributed by atoms with E-state index in [1.807, 2.05) is 31.8 Å². The Morgan fingerprint density at radius 2 is 1.52 bits per heavy atom. The van der Waals surface area contributed by atoms with E-state index >= 15 is 0 Å². The van der Waals surface area contributed by atoms with Gasteiger partial charge in [0.15, 0.2) is 14.1 Å². The van der Waals surface area contributed by atoms with Crippen molar-refractivity contribution in [3.05, 3.63) is 68.5 Å². The number of hydrogen-bond acceptors (Lipinski definition) is 5. The SMILES string of the molecule is CC(C)(O[Si](C)(C)C)C(=O)c1ccc2sc3ccccc3c(=O)c(=O)c2c1. The second-order valence-electron chi connectivity index (χ2n) is 8.02. The molecule has 2 aromatic carbocycles. The zero-order valence-corrected chi connectivity index (χ0v) is 17.9. The predicted octanol–water partition coefficient (Wildman–Crippen LogP) is 4.59. The van der Waals surface area contributed by atoms with Crippen LogP contribution >= 0.6 is 11.3 Å². The summed E-state index contributed by atoms with van der Waals surface area (Å²) in [6, 6.07) is 12.0. The van der Waals surface area contributed by atoms with Gasteiger partial charge in [-0.1, -0.05) is 12.1 Å². The van der Waals surface area contributed by atoms with E-state index in [-0.39, 0.29) is 11.2 Å². The van der Waals surface area contributed by atoms with Gasteiger partial charge in [-0.3, -0.25) is 14.4 Å². The van der Waals surface area contributed by atoms with E-state index in [1.54, 1.807) is 38.1 Å². The standard InChI is InChI=1S/C21H22O4SSi/c1-21(2,25-27(3,4)5)20(24)13-10-11-17-15(12-13)19(23)18(22)14-8-6-7-9-16(14)26-17/h6-12H,1-5H3. The minimum atomic E-state index is -1.94. The van der Waals surface area contributed by atoms with Crippen LogP contribution in [0.5, 0.6) is 0 Å². The van der Waals surface area contributed by atoms with Gasteiger partial charge in [0, 0.05) is 25.7 Å². The molecule has 4 nitrogen and oxygen atoms in total. The number of carbonyl (C=O) groups is 1. The lowest BCUT2D eigenvalue weighted by Gasteiger charge is -2.31. The third kappa shape index (κ3) is 3.93. The summed E-state index contributed by atoms with van der Waals surface area (Å²) in [4.78, 5) is 38.4. The van der Waals surface area contributed by atoms with Crippen LogP contribution in [-0.2, 0) is 4.43 Å². The highest BCUT2D eigenvalue weighted by Crippen LogP contribution is 2.26. The molecular weight excluding hydrogens is 376 g/mol. The van der Waals surface area contributed by atoms with Crippen molar-refractivity contribution in [3.8, 4) is 0 Å². The Balaban J connectivity index is 2.23. The summed E-state index contributed by atoms with van der Waals surface area (Å²) in [6.45, 7) is 9.56. The molecule has 0 aliphatic carbocycles. The van der Waals surface area contributed by atoms with Gasteiger partial charge in [-0.05, 0) is 63.8 Å². The molecule has 0 spiro atoms. The summed E-state index contributed by atoms with van der Waals surface area (Å²) in [6.07, 6.45) is 0. The molecule has 6 heteroatoms. The molecule has 27 heavy (non-hydrogen) atoms. The van der Waals surface area contributed by atoms with E-state index in [0.29, 0.717) is 15.6 Å². The van der Waals surface area contributed by atoms with Crippen molar-refractivity contribution in [1.82, 2.24) is 0 Å². The highest BCUT2D eigenvalue weighted by Gasteiger charge is 2.34. The zero-order chi connectivity index (χ0) is 20.0. The molecule has 0 saturated heterocycles. The van der Waals surface area contributed by atoms with E-state index < -0.39 is 24.8 Å². The van der Waals surface area contributed by atoms with Crippen molar-refractivity contribution < 1.29 is 9.22 Å². The number of fused-ring (bicyclic) bond motifs is 2. The fraction of sp³-hybridized carbons (Fsp3) is 0.286. The molecule has 0 aliphatic rings. The highest BCUT2D eigenvalue weighted by molar-refractivity contribution is 7.24. The van der Waals surface area contributed by atoms with Crippen molar-refractivity contribution in [2.75, 3.05) is 0 Å². The van der Waals surface area contributed by atoms with E-state index in [2.05, 4.69) is 0 Å². The molecule has 0 fully saturated rings. The molecule has 0 unspecified atom stereocenters. The molecule has 0 atom stereocenters. The Hall–Kier alpha value is -2.15. The molecule has 0 amide bonds. The van der Waals surface area contributed by atoms with Gasteiger partial charge in [0.2, 0.25) is 10.9 Å². The maximum absolute atomic E-state index is 13.0. The van der Waals surface area contributed by atoms with Gasteiger partial charge in [0.05, 0.1) is 0 Å². The number of benzene rings is 2. The van der Waals surface area contributed by atoms with Crippen molar-refractivity contribution in [2.24, 2.45) is 0 Å². The Morgan fingerprint density at radius 3 is 2.19 bits per heavy atom. The predicted molar refractivity (Wildman–Crippen MR) is 115 cm³/mol. The smallest absolute Gasteiger partial charge is 0.235 e. The minimum Gasteiger partial charge on any atom is -0.405 e. The molecule has 0 saturated carbocycles. The maximum atomic E-state index is 13.0. The topological polar surface area (TPSA) is 60.4 Å². The Kier molecular flexibility index (Phi) is 4.92. The third-order valence-electron chi connectivity index (χ3n) is 4.15. The minimum absolute atomic E-state index is 0.195. The molecule has 0 bridgehead atoms. The molecule has 1 heterocycles. The van der Waals surface area contributed by atoms with Crippen molar-refractivity contribution in [3.63, 3.8) is 0 Å². The van der Waals surface area contributed by atoms with Crippen molar-refractivity contribution in [2.45, 2.75) is 39.1 Å². The lowest BCUT2D eigenvalue weighted by atomic mass is 9.96. The number of Topliss-reactive ketones (excluding diaryl/α,β-unsaturated/α-hetero) is 1. The molecule has 0 aliphatic heterocycles. The summed E-state index contributed by atoms with van der Waals surface area (Å²) in [5.74, 6) is -0.195. The monoisotopic (exact) mass is 398 g/mol. The highest BCUT2D eigenvalue weighted by atomic mass is 32.1. The molecule has 140 valence electrons. The number of ketones is 1. The molecular formula is C21H22O4SSi. The first kappa shape index (κ1) is 19.6. The Bertz CT molecular complexity index is 1170. The van der Waals surface area contributed by atoms with Crippen LogP contribution in [0.2, 0.25) is 19.6 Å². The number of rotatable bonds is 4. The number of hydrogen-bond donors (Lipinski definition) is 0. The average Bonchev–Trinajstić information content (AvgIpc) is 2.68. The number of carbonyl (C=O) groups excluding carboxylic acids is 1. The fourth-order valence-electron chi connectivity index (χ4n) is 3.20. The van der Waals surface area contributed by atoms with Crippen LogP contribution < -0.4 is 10.9 Å². The van der Waals surface area contributed by atoms with E-state index in [1.165, 1.54) is 17.4 Å². The van der Waals surface area contributed by atoms with Gasteiger partial charge in [0.25, 0.3) is 0 Å². The van der Waals surface area contributed by atoms with E-state index in [9.17, 15) is 14.4 Å². The van der Waals surface area contributed by atoms with Crippen LogP contribution in [0.3, 0.4) is 0 Å². The van der Waals surface area contributed by atoms with Crippen LogP contribution in [0, 0.1) is 0 Å². The summed E-state index contributed by atoms with van der Waals surface area (Å²) in [5.41, 5.74) is -1.74. The van der Waals surface area contributed by atoms with Crippen LogP contribution in [0.15, 0.2) is 52.1 Å². The lowest BCUT2D eigenvalue weighted by molar-refractivity contribution is 0.0558. The van der Waals surface area contributed by atoms with Gasteiger partial charge in [0.1, 0.15) is 5.60 Å². The fourth-order valence-corrected chi connectivity index (χ4v) is 5.88. The normalized spacial score (nSPS) is 12.5. The maximum Gasteiger partial charge on any atom is 0.235 e. The van der Waals surface area contributed by atoms with E-state index in [0.717, 1.165) is 4.70 Å². The first-order chi connectivity index (χ1) is 12.5. The second-order valence-corrected chi connectivity index (χ2v) is 13.5. The van der Waals surface area contributed by atoms with Gasteiger partial charge in [-0.2, -0.15) is 0 Å². The van der Waals surface area contributed by atoms with Gasteiger partial charge in [-0.25, -0.2) is 0 Å². The van der Waals surface area contributed by atoms with Gasteiger partial charge in [-0.15, -0.1) is 11.3 Å². The van der Waals surface area contributed by atoms with Crippen LogP contribution in [0.4, 0.5) is 0 Å². The van der Waals surface area contributed by atoms with Gasteiger partial charge >= 0.3 is 0 Å². The van der Waals surface area contributed by atoms with Crippen LogP contribution in [0.1, 0.15) is 24.2 Å². The molecule has 1 aromatic heterocycles. The van der Waals surface area contributed by atoms with Crippen LogP contribution in [0.25, 0.3) is 20.2 Å². The van der Waals surface area contributed by atoms with Gasteiger partial charge < -0.3 is 4.43 Å². The Labute approximate surface area is 162 Å². The first-order valence-corrected chi connectivity index (χ1v) is 13.0. The van der Waals surface area contributed by atoms with Crippen LogP contribution in [-0.4, -0.2) is 19.7 Å². The molecule has 0 radical (unpaired) electrons. The largest absolute Gasteiger partial charge is 0.405 e. The summed E-state index contributed by atoms with van der Waals surface area (Å²) >= 11 is 1.37. The lowest BCUT2D eigenvalue weighted by Crippen LogP contribution is -2.44. The quantitative estimate of drug-likeness (QED) is 0.366. The summed E-state index contributed by atoms with van der Waals surface area (Å²) < 4.78 is 7.47. The van der Waals surface area contributed by atoms with Crippen molar-refractivity contribution >= 4 is 45.6 Å². The second kappa shape index (κ2) is 6.78. The van der Waals surface area contributed by atoms with E-state index in [4.69, 9.17) is 4.43 Å². The summed E-state index contributed by atoms with van der Waals surface area (Å²) in [5, 5.41) is 0.676. The molecule has 3 aromatic rings. The Morgan fingerprint density at radius 1 is 0.926 bits per heavy atom. The summed E-state index contributed by atoms with van der Waals surface area (Å²) in [7, 11) is -1.94. The molecule has 0 N–H and O–H groups in total.